The first-order valence-corrected chi connectivity index (χ1v) is 3.08. The average molecular weight is 131 g/mol. The third-order valence-corrected chi connectivity index (χ3v) is 1.79. The molecule has 1 aliphatic rings. The van der Waals surface area contributed by atoms with E-state index in [4.69, 9.17) is 17.3 Å². The van der Waals surface area contributed by atoms with Crippen LogP contribution >= 0.6 is 12.2 Å². The van der Waals surface area contributed by atoms with E-state index in [9.17, 15) is 0 Å². The van der Waals surface area contributed by atoms with Crippen molar-refractivity contribution in [1.29, 1.82) is 0 Å². The number of hydrogen-bond donors (Lipinski definition) is 2. The van der Waals surface area contributed by atoms with Gasteiger partial charge in [0.1, 0.15) is 11.1 Å². The van der Waals surface area contributed by atoms with E-state index < -0.39 is 6.10 Å². The molecule has 0 saturated carbocycles. The zero-order valence-corrected chi connectivity index (χ0v) is 5.53. The molecule has 2 unspecified atom stereocenters. The van der Waals surface area contributed by atoms with Crippen LogP contribution in [0.25, 0.3) is 0 Å². The summed E-state index contributed by atoms with van der Waals surface area (Å²) in [6.07, 6.45) is -0.398. The van der Waals surface area contributed by atoms with Crippen molar-refractivity contribution in [2.75, 3.05) is 6.54 Å². The van der Waals surface area contributed by atoms with E-state index in [0.717, 1.165) is 6.54 Å². The molecule has 0 aromatic rings. The van der Waals surface area contributed by atoms with E-state index in [1.165, 1.54) is 0 Å². The molecule has 0 radical (unpaired) electrons. The predicted octanol–water partition coefficient (Wildman–Crippen LogP) is -0.0860. The molecular formula is C5H9NOS. The first kappa shape index (κ1) is 5.98. The van der Waals surface area contributed by atoms with Crippen molar-refractivity contribution < 1.29 is 5.11 Å². The Hall–Kier alpha value is -0.150. The number of hydrogen-bond acceptors (Lipinski definition) is 2. The summed E-state index contributed by atoms with van der Waals surface area (Å²) in [4.78, 5) is 0.595. The molecule has 0 amide bonds. The van der Waals surface area contributed by atoms with Crippen LogP contribution in [-0.2, 0) is 0 Å². The number of aliphatic hydroxyl groups is 1. The lowest BCUT2D eigenvalue weighted by atomic mass is 10.1. The summed E-state index contributed by atoms with van der Waals surface area (Å²) in [5, 5.41) is 12.0. The molecule has 0 bridgehead atoms. The van der Waals surface area contributed by atoms with Gasteiger partial charge in [0.15, 0.2) is 0 Å². The van der Waals surface area contributed by atoms with Crippen LogP contribution in [0.15, 0.2) is 0 Å². The summed E-state index contributed by atoms with van der Waals surface area (Å²) in [5.41, 5.74) is 0. The van der Waals surface area contributed by atoms with Gasteiger partial charge in [0.05, 0.1) is 0 Å². The lowest BCUT2D eigenvalue weighted by Crippen LogP contribution is -2.21. The van der Waals surface area contributed by atoms with Gasteiger partial charge in [-0.15, -0.1) is 0 Å². The molecule has 1 aliphatic heterocycles. The number of aliphatic hydroxyl groups excluding tert-OH is 1. The van der Waals surface area contributed by atoms with E-state index in [1.807, 2.05) is 6.92 Å². The maximum absolute atomic E-state index is 9.06. The second-order valence-electron chi connectivity index (χ2n) is 2.17. The molecule has 46 valence electrons. The van der Waals surface area contributed by atoms with Crippen LogP contribution in [-0.4, -0.2) is 22.7 Å². The Kier molecular flexibility index (Phi) is 1.49. The van der Waals surface area contributed by atoms with Gasteiger partial charge in [-0.2, -0.15) is 0 Å². The Balaban J connectivity index is 2.56. The maximum Gasteiger partial charge on any atom is 0.108 e. The quantitative estimate of drug-likeness (QED) is 0.451. The lowest BCUT2D eigenvalue weighted by Gasteiger charge is -2.02. The van der Waals surface area contributed by atoms with E-state index in [1.54, 1.807) is 0 Å². The predicted molar refractivity (Wildman–Crippen MR) is 35.8 cm³/mol. The fourth-order valence-electron chi connectivity index (χ4n) is 0.736. The van der Waals surface area contributed by atoms with Crippen LogP contribution in [0.4, 0.5) is 0 Å². The Morgan fingerprint density at radius 1 is 1.88 bits per heavy atom. The molecule has 1 heterocycles. The van der Waals surface area contributed by atoms with E-state index in [0.29, 0.717) is 10.9 Å². The van der Waals surface area contributed by atoms with Gasteiger partial charge in [-0.1, -0.05) is 19.1 Å². The minimum absolute atomic E-state index is 0.294. The number of nitrogens with one attached hydrogen (secondary N) is 1. The van der Waals surface area contributed by atoms with Gasteiger partial charge in [-0.25, -0.2) is 0 Å². The molecule has 1 saturated heterocycles. The highest BCUT2D eigenvalue weighted by Gasteiger charge is 2.24. The van der Waals surface area contributed by atoms with Gasteiger partial charge in [-0.05, 0) is 0 Å². The van der Waals surface area contributed by atoms with Crippen molar-refractivity contribution in [2.24, 2.45) is 5.92 Å². The second-order valence-corrected chi connectivity index (χ2v) is 2.61. The molecule has 0 spiro atoms. The lowest BCUT2D eigenvalue weighted by molar-refractivity contribution is 0.201. The smallest absolute Gasteiger partial charge is 0.108 e. The largest absolute Gasteiger partial charge is 0.386 e. The summed E-state index contributed by atoms with van der Waals surface area (Å²) in [6, 6.07) is 0. The van der Waals surface area contributed by atoms with Gasteiger partial charge in [0.2, 0.25) is 0 Å². The summed E-state index contributed by atoms with van der Waals surface area (Å²) in [6.45, 7) is 2.79. The van der Waals surface area contributed by atoms with Gasteiger partial charge in [-0.3, -0.25) is 0 Å². The average Bonchev–Trinajstić information content (AvgIpc) is 1.98. The molecule has 1 rings (SSSR count). The van der Waals surface area contributed by atoms with E-state index in [-0.39, 0.29) is 0 Å². The fraction of sp³-hybridized carbons (Fsp3) is 0.800. The molecule has 8 heavy (non-hydrogen) atoms. The molecule has 0 aliphatic carbocycles. The molecule has 2 N–H and O–H groups in total. The third kappa shape index (κ3) is 0.833. The number of rotatable bonds is 0. The van der Waals surface area contributed by atoms with Crippen molar-refractivity contribution in [3.63, 3.8) is 0 Å². The van der Waals surface area contributed by atoms with Crippen molar-refractivity contribution in [3.05, 3.63) is 0 Å². The topological polar surface area (TPSA) is 32.3 Å². The van der Waals surface area contributed by atoms with Gasteiger partial charge in [0.25, 0.3) is 0 Å². The minimum atomic E-state index is -0.398. The molecule has 2 nitrogen and oxygen atoms in total. The Labute approximate surface area is 53.9 Å². The molecular weight excluding hydrogens is 122 g/mol. The van der Waals surface area contributed by atoms with Gasteiger partial charge >= 0.3 is 0 Å². The van der Waals surface area contributed by atoms with Crippen LogP contribution in [0.1, 0.15) is 6.92 Å². The first-order valence-electron chi connectivity index (χ1n) is 2.67. The van der Waals surface area contributed by atoms with Crippen LogP contribution in [0.3, 0.4) is 0 Å². The normalized spacial score (nSPS) is 37.5. The van der Waals surface area contributed by atoms with Crippen molar-refractivity contribution in [2.45, 2.75) is 13.0 Å². The van der Waals surface area contributed by atoms with Crippen molar-refractivity contribution >= 4 is 17.2 Å². The third-order valence-electron chi connectivity index (χ3n) is 1.41. The maximum atomic E-state index is 9.06. The highest BCUT2D eigenvalue weighted by Crippen LogP contribution is 2.08. The molecule has 1 fully saturated rings. The summed E-state index contributed by atoms with van der Waals surface area (Å²) in [5.74, 6) is 0.294. The van der Waals surface area contributed by atoms with Crippen LogP contribution < -0.4 is 5.32 Å². The van der Waals surface area contributed by atoms with E-state index >= 15 is 0 Å². The number of thiocarbonyl (C=S) groups is 1. The van der Waals surface area contributed by atoms with Crippen molar-refractivity contribution in [3.8, 4) is 0 Å². The minimum Gasteiger partial charge on any atom is -0.386 e. The Morgan fingerprint density at radius 3 is 2.62 bits per heavy atom. The molecule has 3 heteroatoms. The zero-order chi connectivity index (χ0) is 6.15. The second kappa shape index (κ2) is 1.99. The molecule has 2 atom stereocenters. The molecule has 0 aromatic carbocycles. The summed E-state index contributed by atoms with van der Waals surface area (Å²) >= 11 is 4.76. The Bertz CT molecular complexity index is 115. The summed E-state index contributed by atoms with van der Waals surface area (Å²) < 4.78 is 0. The molecule has 0 aromatic heterocycles. The van der Waals surface area contributed by atoms with Crippen LogP contribution in [0.2, 0.25) is 0 Å². The fourth-order valence-corrected chi connectivity index (χ4v) is 1.05. The zero-order valence-electron chi connectivity index (χ0n) is 4.72. The SMILES string of the molecule is CC1CNC(=S)C1O. The van der Waals surface area contributed by atoms with Crippen molar-refractivity contribution in [1.82, 2.24) is 5.32 Å². The Morgan fingerprint density at radius 2 is 2.50 bits per heavy atom. The van der Waals surface area contributed by atoms with Crippen LogP contribution in [0.5, 0.6) is 0 Å². The van der Waals surface area contributed by atoms with Gasteiger partial charge in [0, 0.05) is 12.5 Å². The monoisotopic (exact) mass is 131 g/mol. The van der Waals surface area contributed by atoms with E-state index in [2.05, 4.69) is 5.32 Å². The standard InChI is InChI=1S/C5H9NOS/c1-3-2-6-5(8)4(3)7/h3-4,7H,2H2,1H3,(H,6,8). The highest BCUT2D eigenvalue weighted by molar-refractivity contribution is 7.80. The first-order chi connectivity index (χ1) is 3.72. The highest BCUT2D eigenvalue weighted by atomic mass is 32.1. The summed E-state index contributed by atoms with van der Waals surface area (Å²) in [7, 11) is 0. The van der Waals surface area contributed by atoms with Gasteiger partial charge < -0.3 is 10.4 Å². The van der Waals surface area contributed by atoms with Crippen LogP contribution in [0, 0.1) is 5.92 Å².